The molecule has 0 bridgehead atoms. The maximum Gasteiger partial charge on any atom is 0.190 e. The monoisotopic (exact) mass is 313 g/mol. The van der Waals surface area contributed by atoms with Gasteiger partial charge in [0.05, 0.1) is 0 Å². The maximum atomic E-state index is 12.7. The van der Waals surface area contributed by atoms with Crippen molar-refractivity contribution in [2.24, 2.45) is 0 Å². The van der Waals surface area contributed by atoms with Crippen LogP contribution in [0.1, 0.15) is 22.8 Å². The highest BCUT2D eigenvalue weighted by atomic mass is 35.5. The number of hydrogen-bond acceptors (Lipinski definition) is 2. The van der Waals surface area contributed by atoms with E-state index in [1.807, 2.05) is 67.7 Å². The molecule has 0 radical (unpaired) electrons. The van der Waals surface area contributed by atoms with Crippen LogP contribution in [0, 0.1) is 0 Å². The zero-order chi connectivity index (χ0) is 15.9. The first-order valence-corrected chi connectivity index (χ1v) is 7.72. The van der Waals surface area contributed by atoms with Crippen LogP contribution >= 0.6 is 11.6 Å². The molecule has 0 N–H and O–H groups in total. The van der Waals surface area contributed by atoms with Crippen LogP contribution in [0.4, 0.5) is 0 Å². The molecule has 2 rings (SSSR count). The van der Waals surface area contributed by atoms with E-state index in [0.29, 0.717) is 17.1 Å². The minimum absolute atomic E-state index is 0.0656. The summed E-state index contributed by atoms with van der Waals surface area (Å²) in [5.74, 6) is 0.0656. The highest BCUT2D eigenvalue weighted by molar-refractivity contribution is 6.30. The molecule has 0 heterocycles. The Bertz CT molecular complexity index is 647. The van der Waals surface area contributed by atoms with E-state index in [0.717, 1.165) is 17.7 Å². The van der Waals surface area contributed by atoms with Crippen LogP contribution in [-0.4, -0.2) is 30.8 Å². The molecule has 0 aliphatic carbocycles. The van der Waals surface area contributed by atoms with Crippen molar-refractivity contribution in [1.29, 1.82) is 0 Å². The molecule has 0 unspecified atom stereocenters. The molecule has 3 heteroatoms. The third-order valence-corrected chi connectivity index (χ3v) is 3.77. The van der Waals surface area contributed by atoms with Crippen molar-refractivity contribution in [2.45, 2.75) is 6.92 Å². The van der Waals surface area contributed by atoms with Gasteiger partial charge >= 0.3 is 0 Å². The molecule has 114 valence electrons. The van der Waals surface area contributed by atoms with E-state index in [-0.39, 0.29) is 5.78 Å². The summed E-state index contributed by atoms with van der Waals surface area (Å²) in [5, 5.41) is 0.693. The number of Topliss-reactive ketones (excluding diaryl/α,β-unsaturated/α-hetero) is 1. The van der Waals surface area contributed by atoms with Gasteiger partial charge in [0, 0.05) is 22.7 Å². The molecule has 0 amide bonds. The second kappa shape index (κ2) is 7.92. The minimum Gasteiger partial charge on any atom is -0.302 e. The molecule has 2 aromatic rings. The second-order valence-corrected chi connectivity index (χ2v) is 5.68. The summed E-state index contributed by atoms with van der Waals surface area (Å²) in [6, 6.07) is 16.9. The fraction of sp³-hybridized carbons (Fsp3) is 0.211. The molecule has 0 spiro atoms. The molecule has 0 fully saturated rings. The van der Waals surface area contributed by atoms with Crippen LogP contribution in [0.3, 0.4) is 0 Å². The van der Waals surface area contributed by atoms with Gasteiger partial charge in [0.15, 0.2) is 5.78 Å². The van der Waals surface area contributed by atoms with Crippen LogP contribution in [0.5, 0.6) is 0 Å². The molecular weight excluding hydrogens is 294 g/mol. The number of ketones is 1. The summed E-state index contributed by atoms with van der Waals surface area (Å²) in [5.41, 5.74) is 2.47. The van der Waals surface area contributed by atoms with Crippen LogP contribution in [0.2, 0.25) is 5.02 Å². The lowest BCUT2D eigenvalue weighted by molar-refractivity contribution is 0.102. The summed E-state index contributed by atoms with van der Waals surface area (Å²) < 4.78 is 0. The van der Waals surface area contributed by atoms with Crippen molar-refractivity contribution in [3.63, 3.8) is 0 Å². The third-order valence-electron chi connectivity index (χ3n) is 3.52. The zero-order valence-corrected chi connectivity index (χ0v) is 13.7. The number of rotatable bonds is 6. The molecule has 0 saturated heterocycles. The third kappa shape index (κ3) is 4.55. The molecule has 0 aliphatic rings. The molecular formula is C19H20ClNO. The Kier molecular flexibility index (Phi) is 5.93. The largest absolute Gasteiger partial charge is 0.302 e. The Hall–Kier alpha value is -1.90. The average molecular weight is 314 g/mol. The van der Waals surface area contributed by atoms with Gasteiger partial charge in [-0.1, -0.05) is 61.0 Å². The number of hydrogen-bond donors (Lipinski definition) is 0. The summed E-state index contributed by atoms with van der Waals surface area (Å²) in [6.45, 7) is 3.58. The van der Waals surface area contributed by atoms with Crippen molar-refractivity contribution in [3.05, 3.63) is 76.3 Å². The minimum atomic E-state index is 0.0656. The van der Waals surface area contributed by atoms with Crippen molar-refractivity contribution in [1.82, 2.24) is 4.90 Å². The van der Waals surface area contributed by atoms with Gasteiger partial charge in [-0.15, -0.1) is 0 Å². The fourth-order valence-electron chi connectivity index (χ4n) is 2.12. The van der Waals surface area contributed by atoms with Crippen LogP contribution in [0.25, 0.3) is 6.08 Å². The summed E-state index contributed by atoms with van der Waals surface area (Å²) in [6.07, 6.45) is 1.94. The molecule has 0 aromatic heterocycles. The summed E-state index contributed by atoms with van der Waals surface area (Å²) in [4.78, 5) is 14.9. The zero-order valence-electron chi connectivity index (χ0n) is 12.9. The molecule has 0 aliphatic heterocycles. The normalized spacial score (nSPS) is 11.7. The van der Waals surface area contributed by atoms with E-state index in [4.69, 9.17) is 11.6 Å². The Labute approximate surface area is 137 Å². The molecule has 0 atom stereocenters. The smallest absolute Gasteiger partial charge is 0.190 e. The van der Waals surface area contributed by atoms with Gasteiger partial charge < -0.3 is 4.90 Å². The van der Waals surface area contributed by atoms with E-state index >= 15 is 0 Å². The standard InChI is InChI=1S/C19H20ClNO/c1-3-21(2)14-17(13-15-9-11-18(20)12-10-15)19(22)16-7-5-4-6-8-16/h4-13H,3,14H2,1-2H3/b17-13+. The number of likely N-dealkylation sites (N-methyl/N-ethyl adjacent to an activating group) is 1. The van der Waals surface area contributed by atoms with Crippen LogP contribution < -0.4 is 0 Å². The number of halogens is 1. The van der Waals surface area contributed by atoms with E-state index in [2.05, 4.69) is 11.8 Å². The van der Waals surface area contributed by atoms with Crippen molar-refractivity contribution >= 4 is 23.5 Å². The topological polar surface area (TPSA) is 20.3 Å². The van der Waals surface area contributed by atoms with Gasteiger partial charge in [-0.2, -0.15) is 0 Å². The lowest BCUT2D eigenvalue weighted by Gasteiger charge is -2.16. The van der Waals surface area contributed by atoms with Gasteiger partial charge in [0.2, 0.25) is 0 Å². The number of carbonyl (C=O) groups excluding carboxylic acids is 1. The highest BCUT2D eigenvalue weighted by Crippen LogP contribution is 2.16. The number of benzene rings is 2. The lowest BCUT2D eigenvalue weighted by Crippen LogP contribution is -2.23. The average Bonchev–Trinajstić information content (AvgIpc) is 2.56. The Morgan fingerprint density at radius 2 is 1.73 bits per heavy atom. The number of nitrogens with zero attached hydrogens (tertiary/aromatic N) is 1. The Balaban J connectivity index is 2.33. The van der Waals surface area contributed by atoms with E-state index in [9.17, 15) is 4.79 Å². The van der Waals surface area contributed by atoms with Crippen molar-refractivity contribution in [3.8, 4) is 0 Å². The van der Waals surface area contributed by atoms with Crippen molar-refractivity contribution < 1.29 is 4.79 Å². The van der Waals surface area contributed by atoms with Crippen molar-refractivity contribution in [2.75, 3.05) is 20.1 Å². The fourth-order valence-corrected chi connectivity index (χ4v) is 2.25. The summed E-state index contributed by atoms with van der Waals surface area (Å²) in [7, 11) is 2.01. The van der Waals surface area contributed by atoms with Crippen LogP contribution in [0.15, 0.2) is 60.2 Å². The Morgan fingerprint density at radius 3 is 2.32 bits per heavy atom. The first kappa shape index (κ1) is 16.5. The first-order chi connectivity index (χ1) is 10.6. The highest BCUT2D eigenvalue weighted by Gasteiger charge is 2.13. The molecule has 2 aromatic carbocycles. The molecule has 22 heavy (non-hydrogen) atoms. The van der Waals surface area contributed by atoms with E-state index in [1.54, 1.807) is 0 Å². The predicted molar refractivity (Wildman–Crippen MR) is 93.4 cm³/mol. The van der Waals surface area contributed by atoms with E-state index in [1.165, 1.54) is 0 Å². The SMILES string of the molecule is CCN(C)C/C(=C\c1ccc(Cl)cc1)C(=O)c1ccccc1. The Morgan fingerprint density at radius 1 is 1.09 bits per heavy atom. The van der Waals surface area contributed by atoms with Gasteiger partial charge in [0.25, 0.3) is 0 Å². The molecule has 2 nitrogen and oxygen atoms in total. The quantitative estimate of drug-likeness (QED) is 0.575. The first-order valence-electron chi connectivity index (χ1n) is 7.34. The van der Waals surface area contributed by atoms with Crippen LogP contribution in [-0.2, 0) is 0 Å². The predicted octanol–water partition coefficient (Wildman–Crippen LogP) is 4.56. The molecule has 0 saturated carbocycles. The summed E-state index contributed by atoms with van der Waals surface area (Å²) >= 11 is 5.92. The van der Waals surface area contributed by atoms with Gasteiger partial charge in [-0.25, -0.2) is 0 Å². The lowest BCUT2D eigenvalue weighted by atomic mass is 10.0. The van der Waals surface area contributed by atoms with Gasteiger partial charge in [-0.3, -0.25) is 4.79 Å². The number of carbonyl (C=O) groups is 1. The van der Waals surface area contributed by atoms with Gasteiger partial charge in [-0.05, 0) is 37.4 Å². The second-order valence-electron chi connectivity index (χ2n) is 5.25. The van der Waals surface area contributed by atoms with E-state index < -0.39 is 0 Å². The maximum absolute atomic E-state index is 12.7. The van der Waals surface area contributed by atoms with Gasteiger partial charge in [0.1, 0.15) is 0 Å².